The van der Waals surface area contributed by atoms with E-state index in [0.717, 1.165) is 0 Å². The molecule has 32 heavy (non-hydrogen) atoms. The maximum atomic E-state index is 13.7. The molecule has 0 spiro atoms. The molecule has 1 saturated carbocycles. The van der Waals surface area contributed by atoms with Gasteiger partial charge in [-0.05, 0) is 31.6 Å². The first-order valence-electron chi connectivity index (χ1n) is 10.1. The number of aliphatic hydroxyl groups excluding tert-OH is 2. The second-order valence-electron chi connectivity index (χ2n) is 8.96. The number of aliphatic hydroxyl groups is 3. The molecule has 3 aliphatic carbocycles. The predicted molar refractivity (Wildman–Crippen MR) is 109 cm³/mol. The minimum absolute atomic E-state index is 0.0986. The maximum Gasteiger partial charge on any atom is 0.255 e. The van der Waals surface area contributed by atoms with E-state index >= 15 is 0 Å². The van der Waals surface area contributed by atoms with Gasteiger partial charge in [0.1, 0.15) is 17.1 Å². The summed E-state index contributed by atoms with van der Waals surface area (Å²) in [6, 6.07) is 3.05. The number of hydrogen-bond donors (Lipinski definition) is 5. The summed E-state index contributed by atoms with van der Waals surface area (Å²) in [7, 11) is 2.91. The number of phenolic OH excluding ortho intramolecular Hbond substituents is 1. The van der Waals surface area contributed by atoms with Crippen molar-refractivity contribution in [2.24, 2.45) is 23.5 Å². The third kappa shape index (κ3) is 2.51. The lowest BCUT2D eigenvalue weighted by molar-refractivity contribution is -0.183. The number of amides is 1. The topological polar surface area (TPSA) is 178 Å². The highest BCUT2D eigenvalue weighted by atomic mass is 16.4. The van der Waals surface area contributed by atoms with Crippen molar-refractivity contribution in [2.75, 3.05) is 14.1 Å². The third-order valence-electron chi connectivity index (χ3n) is 7.21. The van der Waals surface area contributed by atoms with Gasteiger partial charge in [-0.15, -0.1) is 0 Å². The van der Waals surface area contributed by atoms with E-state index in [0.29, 0.717) is 5.56 Å². The molecule has 0 aliphatic heterocycles. The van der Waals surface area contributed by atoms with Crippen molar-refractivity contribution >= 4 is 23.3 Å². The summed E-state index contributed by atoms with van der Waals surface area (Å²) in [5, 5.41) is 43.9. The fourth-order valence-corrected chi connectivity index (χ4v) is 5.81. The summed E-state index contributed by atoms with van der Waals surface area (Å²) in [4.78, 5) is 53.3. The van der Waals surface area contributed by atoms with Gasteiger partial charge in [0.25, 0.3) is 5.91 Å². The third-order valence-corrected chi connectivity index (χ3v) is 7.21. The van der Waals surface area contributed by atoms with E-state index < -0.39 is 76.0 Å². The molecule has 10 nitrogen and oxygen atoms in total. The quantitative estimate of drug-likeness (QED) is 0.283. The number of hydrogen-bond acceptors (Lipinski definition) is 9. The van der Waals surface area contributed by atoms with E-state index in [1.165, 1.54) is 31.1 Å². The first-order chi connectivity index (χ1) is 14.9. The SMILES string of the molecule is C[C@H]1c2cccc(O)c2C(=O)C2C(=O)[C@]3(O)C(O)=C(C(N)=O)C(=O)[C@@H](N(C)C)[C@@H]3[C@@H](O)[C@@H]21. The molecule has 0 bridgehead atoms. The number of nitrogens with two attached hydrogens (primary N) is 1. The van der Waals surface area contributed by atoms with Crippen molar-refractivity contribution in [3.05, 3.63) is 40.7 Å². The molecule has 0 radical (unpaired) electrons. The Morgan fingerprint density at radius 1 is 1.12 bits per heavy atom. The molecule has 1 aromatic carbocycles. The lowest BCUT2D eigenvalue weighted by atomic mass is 9.51. The van der Waals surface area contributed by atoms with Gasteiger partial charge >= 0.3 is 0 Å². The van der Waals surface area contributed by atoms with Crippen LogP contribution in [0.25, 0.3) is 0 Å². The number of nitrogens with zero attached hydrogens (tertiary/aromatic N) is 1. The lowest BCUT2D eigenvalue weighted by Crippen LogP contribution is -2.73. The standard InChI is InChI=1S/C22H24N2O8/c1-7-8-5-4-6-9(25)11(8)16(26)12-10(7)17(27)14-15(24(2)3)18(28)13(21(23)31)20(30)22(14,32)19(12)29/h4-7,10,12,14-15,17,25,27,30,32H,1-3H3,(H2,23,31)/t7-,10+,12?,14+,15-,17-,22-/m0/s1. The molecule has 0 saturated heterocycles. The van der Waals surface area contributed by atoms with Gasteiger partial charge in [0.05, 0.1) is 29.5 Å². The Kier molecular flexibility index (Phi) is 4.81. The Balaban J connectivity index is 2.01. The molecule has 7 atom stereocenters. The van der Waals surface area contributed by atoms with Crippen LogP contribution in [-0.2, 0) is 14.4 Å². The highest BCUT2D eigenvalue weighted by Crippen LogP contribution is 2.55. The number of aromatic hydroxyl groups is 1. The number of fused-ring (bicyclic) bond motifs is 3. The van der Waals surface area contributed by atoms with Gasteiger partial charge in [-0.2, -0.15) is 0 Å². The Bertz CT molecular complexity index is 1110. The summed E-state index contributed by atoms with van der Waals surface area (Å²) in [5.41, 5.74) is 1.74. The van der Waals surface area contributed by atoms with Crippen LogP contribution in [0, 0.1) is 17.8 Å². The van der Waals surface area contributed by atoms with Crippen LogP contribution in [0.3, 0.4) is 0 Å². The average Bonchev–Trinajstić information content (AvgIpc) is 2.70. The maximum absolute atomic E-state index is 13.7. The second-order valence-corrected chi connectivity index (χ2v) is 8.96. The molecule has 1 unspecified atom stereocenters. The van der Waals surface area contributed by atoms with Crippen LogP contribution in [0.4, 0.5) is 0 Å². The monoisotopic (exact) mass is 444 g/mol. The molecule has 1 amide bonds. The number of carbonyl (C=O) groups excluding carboxylic acids is 4. The van der Waals surface area contributed by atoms with Crippen LogP contribution in [0.5, 0.6) is 5.75 Å². The fourth-order valence-electron chi connectivity index (χ4n) is 5.81. The Hall–Kier alpha value is -3.08. The molecule has 0 heterocycles. The fraction of sp³-hybridized carbons (Fsp3) is 0.455. The Labute approximate surface area is 182 Å². The van der Waals surface area contributed by atoms with Gasteiger partial charge < -0.3 is 26.2 Å². The highest BCUT2D eigenvalue weighted by Gasteiger charge is 2.70. The first-order valence-corrected chi connectivity index (χ1v) is 10.1. The number of primary amides is 1. The smallest absolute Gasteiger partial charge is 0.255 e. The molecule has 1 fully saturated rings. The number of ketones is 3. The van der Waals surface area contributed by atoms with E-state index in [-0.39, 0.29) is 11.3 Å². The van der Waals surface area contributed by atoms with Gasteiger partial charge in [0.15, 0.2) is 23.0 Å². The average molecular weight is 444 g/mol. The molecular formula is C22H24N2O8. The van der Waals surface area contributed by atoms with E-state index in [9.17, 15) is 39.6 Å². The number of phenols is 1. The zero-order chi connectivity index (χ0) is 23.9. The summed E-state index contributed by atoms with van der Waals surface area (Å²) in [6.07, 6.45) is -1.59. The van der Waals surface area contributed by atoms with E-state index in [2.05, 4.69) is 0 Å². The van der Waals surface area contributed by atoms with Crippen molar-refractivity contribution in [1.82, 2.24) is 4.90 Å². The van der Waals surface area contributed by atoms with Gasteiger partial charge in [-0.3, -0.25) is 24.1 Å². The van der Waals surface area contributed by atoms with Crippen molar-refractivity contribution in [2.45, 2.75) is 30.6 Å². The van der Waals surface area contributed by atoms with Crippen molar-refractivity contribution in [1.29, 1.82) is 0 Å². The van der Waals surface area contributed by atoms with Gasteiger partial charge in [-0.1, -0.05) is 19.1 Å². The molecule has 3 aliphatic rings. The van der Waals surface area contributed by atoms with E-state index in [1.807, 2.05) is 0 Å². The van der Waals surface area contributed by atoms with Gasteiger partial charge in [0.2, 0.25) is 0 Å². The molecule has 170 valence electrons. The number of Topliss-reactive ketones (excluding diaryl/α,β-unsaturated/α-hetero) is 3. The predicted octanol–water partition coefficient (Wildman–Crippen LogP) is -0.974. The minimum atomic E-state index is -2.90. The molecule has 4 rings (SSSR count). The first kappa shape index (κ1) is 22.1. The minimum Gasteiger partial charge on any atom is -0.508 e. The van der Waals surface area contributed by atoms with Crippen LogP contribution in [0.2, 0.25) is 0 Å². The summed E-state index contributed by atoms with van der Waals surface area (Å²) in [5.74, 6) is -10.7. The highest BCUT2D eigenvalue weighted by molar-refractivity contribution is 6.25. The zero-order valence-corrected chi connectivity index (χ0v) is 17.6. The molecule has 1 aromatic rings. The van der Waals surface area contributed by atoms with E-state index in [1.54, 1.807) is 13.0 Å². The molecular weight excluding hydrogens is 420 g/mol. The largest absolute Gasteiger partial charge is 0.508 e. The normalized spacial score (nSPS) is 36.6. The molecule has 6 N–H and O–H groups in total. The molecule has 10 heteroatoms. The summed E-state index contributed by atoms with van der Waals surface area (Å²) >= 11 is 0. The van der Waals surface area contributed by atoms with Crippen LogP contribution in [0.1, 0.15) is 28.8 Å². The van der Waals surface area contributed by atoms with E-state index in [4.69, 9.17) is 5.73 Å². The van der Waals surface area contributed by atoms with Gasteiger partial charge in [0, 0.05) is 5.92 Å². The van der Waals surface area contributed by atoms with Crippen LogP contribution >= 0.6 is 0 Å². The second kappa shape index (κ2) is 6.96. The Morgan fingerprint density at radius 3 is 2.31 bits per heavy atom. The van der Waals surface area contributed by atoms with Crippen LogP contribution in [0.15, 0.2) is 29.5 Å². The van der Waals surface area contributed by atoms with Crippen LogP contribution in [-0.4, -0.2) is 80.4 Å². The van der Waals surface area contributed by atoms with Gasteiger partial charge in [-0.25, -0.2) is 0 Å². The van der Waals surface area contributed by atoms with Crippen LogP contribution < -0.4 is 5.73 Å². The zero-order valence-electron chi connectivity index (χ0n) is 17.6. The number of benzene rings is 1. The summed E-state index contributed by atoms with van der Waals surface area (Å²) in [6.45, 7) is 1.67. The summed E-state index contributed by atoms with van der Waals surface area (Å²) < 4.78 is 0. The van der Waals surface area contributed by atoms with Crippen molar-refractivity contribution < 1.29 is 39.6 Å². The number of carbonyl (C=O) groups is 4. The van der Waals surface area contributed by atoms with Crippen molar-refractivity contribution in [3.8, 4) is 5.75 Å². The van der Waals surface area contributed by atoms with Crippen molar-refractivity contribution in [3.63, 3.8) is 0 Å². The number of rotatable bonds is 2. The lowest BCUT2D eigenvalue weighted by Gasteiger charge is -2.55. The Morgan fingerprint density at radius 2 is 1.75 bits per heavy atom. The number of likely N-dealkylation sites (N-methyl/N-ethyl adjacent to an activating group) is 1. The molecule has 0 aromatic heterocycles.